The summed E-state index contributed by atoms with van der Waals surface area (Å²) in [5.74, 6) is -0.723. The molecule has 112 valence electrons. The maximum absolute atomic E-state index is 12.1. The Labute approximate surface area is 132 Å². The van der Waals surface area contributed by atoms with E-state index in [-0.39, 0.29) is 39.7 Å². The van der Waals surface area contributed by atoms with Gasteiger partial charge in [-0.15, -0.1) is 0 Å². The Hall–Kier alpha value is -1.72. The average Bonchev–Trinajstić information content (AvgIpc) is 2.44. The third kappa shape index (κ3) is 2.99. The number of amides is 2. The Morgan fingerprint density at radius 3 is 2.43 bits per heavy atom. The van der Waals surface area contributed by atoms with Gasteiger partial charge in [0.1, 0.15) is 11.7 Å². The van der Waals surface area contributed by atoms with Crippen molar-refractivity contribution in [3.63, 3.8) is 0 Å². The summed E-state index contributed by atoms with van der Waals surface area (Å²) in [6, 6.07) is 2.40. The monoisotopic (exact) mass is 328 g/mol. The van der Waals surface area contributed by atoms with Crippen LogP contribution < -0.4 is 5.32 Å². The van der Waals surface area contributed by atoms with Crippen molar-refractivity contribution in [3.8, 4) is 5.75 Å². The van der Waals surface area contributed by atoms with E-state index in [2.05, 4.69) is 5.32 Å². The fourth-order valence-corrected chi connectivity index (χ4v) is 2.69. The predicted octanol–water partition coefficient (Wildman–Crippen LogP) is 2.10. The maximum atomic E-state index is 12.1. The molecule has 7 heteroatoms. The molecule has 0 saturated carbocycles. The molecule has 1 saturated heterocycles. The van der Waals surface area contributed by atoms with Crippen LogP contribution in [0.25, 0.3) is 0 Å². The summed E-state index contributed by atoms with van der Waals surface area (Å²) in [6.07, 6.45) is 1.81. The van der Waals surface area contributed by atoms with Crippen LogP contribution >= 0.6 is 23.2 Å². The van der Waals surface area contributed by atoms with Crippen molar-refractivity contribution < 1.29 is 14.7 Å². The first-order chi connectivity index (χ1) is 9.85. The summed E-state index contributed by atoms with van der Waals surface area (Å²) in [5.41, 5.74) is 0.923. The van der Waals surface area contributed by atoms with Crippen molar-refractivity contribution in [2.24, 2.45) is 0 Å². The number of halogens is 2. The van der Waals surface area contributed by atoms with Gasteiger partial charge in [0.2, 0.25) is 5.91 Å². The number of carbonyl (C=O) groups excluding carboxylic acids is 2. The van der Waals surface area contributed by atoms with E-state index in [1.165, 1.54) is 17.0 Å². The third-order valence-corrected chi connectivity index (χ3v) is 3.95. The largest absolute Gasteiger partial charge is 0.505 e. The molecule has 0 bridgehead atoms. The highest BCUT2D eigenvalue weighted by Gasteiger charge is 2.34. The lowest BCUT2D eigenvalue weighted by atomic mass is 10.0. The SMILES string of the molecule is C/C=C1\NC(=O)[C@@H](Cc2cc(Cl)c(O)c(Cl)c2)N(C)C1=O. The molecule has 0 aliphatic carbocycles. The summed E-state index contributed by atoms with van der Waals surface area (Å²) in [7, 11) is 1.57. The van der Waals surface area contributed by atoms with E-state index in [1.54, 1.807) is 20.0 Å². The van der Waals surface area contributed by atoms with Crippen molar-refractivity contribution in [1.82, 2.24) is 10.2 Å². The molecular formula is C14H14Cl2N2O3. The van der Waals surface area contributed by atoms with Crippen molar-refractivity contribution in [1.29, 1.82) is 0 Å². The van der Waals surface area contributed by atoms with Gasteiger partial charge in [0.05, 0.1) is 10.0 Å². The van der Waals surface area contributed by atoms with Gasteiger partial charge in [0.15, 0.2) is 5.75 Å². The molecule has 1 aromatic carbocycles. The smallest absolute Gasteiger partial charge is 0.270 e. The Kier molecular flexibility index (Phi) is 4.44. The number of piperazine rings is 1. The highest BCUT2D eigenvalue weighted by atomic mass is 35.5. The summed E-state index contributed by atoms with van der Waals surface area (Å²) in [4.78, 5) is 25.5. The van der Waals surface area contributed by atoms with E-state index in [9.17, 15) is 14.7 Å². The van der Waals surface area contributed by atoms with Gasteiger partial charge >= 0.3 is 0 Å². The quantitative estimate of drug-likeness (QED) is 0.817. The second-order valence-corrected chi connectivity index (χ2v) is 5.55. The predicted molar refractivity (Wildman–Crippen MR) is 80.3 cm³/mol. The lowest BCUT2D eigenvalue weighted by molar-refractivity contribution is -0.140. The summed E-state index contributed by atoms with van der Waals surface area (Å²) in [5, 5.41) is 12.3. The molecule has 0 spiro atoms. The van der Waals surface area contributed by atoms with E-state index < -0.39 is 6.04 Å². The number of carbonyl (C=O) groups is 2. The molecule has 1 aromatic rings. The van der Waals surface area contributed by atoms with Crippen LogP contribution in [0.4, 0.5) is 0 Å². The lowest BCUT2D eigenvalue weighted by Crippen LogP contribution is -2.56. The van der Waals surface area contributed by atoms with Gasteiger partial charge in [0.25, 0.3) is 5.91 Å². The van der Waals surface area contributed by atoms with Crippen LogP contribution in [-0.4, -0.2) is 34.9 Å². The molecule has 1 fully saturated rings. The zero-order valence-corrected chi connectivity index (χ0v) is 13.0. The van der Waals surface area contributed by atoms with Crippen molar-refractivity contribution in [2.45, 2.75) is 19.4 Å². The first kappa shape index (κ1) is 15.7. The highest BCUT2D eigenvalue weighted by Crippen LogP contribution is 2.33. The van der Waals surface area contributed by atoms with Crippen LogP contribution in [0.5, 0.6) is 5.75 Å². The van der Waals surface area contributed by atoms with Gasteiger partial charge in [-0.05, 0) is 24.6 Å². The summed E-state index contributed by atoms with van der Waals surface area (Å²) < 4.78 is 0. The van der Waals surface area contributed by atoms with E-state index in [0.29, 0.717) is 5.56 Å². The van der Waals surface area contributed by atoms with Gasteiger partial charge in [-0.2, -0.15) is 0 Å². The van der Waals surface area contributed by atoms with Crippen LogP contribution in [0, 0.1) is 0 Å². The number of benzene rings is 1. The number of nitrogens with zero attached hydrogens (tertiary/aromatic N) is 1. The molecule has 2 rings (SSSR count). The van der Waals surface area contributed by atoms with Gasteiger partial charge in [-0.25, -0.2) is 0 Å². The molecule has 1 atom stereocenters. The van der Waals surface area contributed by atoms with Gasteiger partial charge in [-0.3, -0.25) is 9.59 Å². The lowest BCUT2D eigenvalue weighted by Gasteiger charge is -2.33. The molecule has 21 heavy (non-hydrogen) atoms. The number of rotatable bonds is 2. The Bertz CT molecular complexity index is 620. The van der Waals surface area contributed by atoms with E-state index >= 15 is 0 Å². The number of hydrogen-bond donors (Lipinski definition) is 2. The van der Waals surface area contributed by atoms with Crippen LogP contribution in [0.3, 0.4) is 0 Å². The van der Waals surface area contributed by atoms with E-state index in [0.717, 1.165) is 0 Å². The fourth-order valence-electron chi connectivity index (χ4n) is 2.16. The van der Waals surface area contributed by atoms with Crippen LogP contribution in [0.2, 0.25) is 10.0 Å². The highest BCUT2D eigenvalue weighted by molar-refractivity contribution is 6.37. The summed E-state index contributed by atoms with van der Waals surface area (Å²) in [6.45, 7) is 1.68. The van der Waals surface area contributed by atoms with E-state index in [4.69, 9.17) is 23.2 Å². The standard InChI is InChI=1S/C14H14Cl2N2O3/c1-3-10-14(21)18(2)11(13(20)17-10)6-7-4-8(15)12(19)9(16)5-7/h3-5,11,19H,6H2,1-2H3,(H,17,20)/b10-3-/t11-/m1/s1. The Morgan fingerprint density at radius 1 is 1.33 bits per heavy atom. The number of phenolic OH excluding ortho intramolecular Hbond substituents is 1. The second-order valence-electron chi connectivity index (χ2n) is 4.74. The average molecular weight is 329 g/mol. The second kappa shape index (κ2) is 5.95. The van der Waals surface area contributed by atoms with Gasteiger partial charge < -0.3 is 15.3 Å². The molecule has 1 aliphatic heterocycles. The molecule has 1 aliphatic rings. The molecule has 1 heterocycles. The number of nitrogens with one attached hydrogen (secondary N) is 1. The van der Waals surface area contributed by atoms with Gasteiger partial charge in [0, 0.05) is 13.5 Å². The van der Waals surface area contributed by atoms with Crippen LogP contribution in [-0.2, 0) is 16.0 Å². The molecule has 2 N–H and O–H groups in total. The molecule has 0 radical (unpaired) electrons. The third-order valence-electron chi connectivity index (χ3n) is 3.37. The van der Waals surface area contributed by atoms with Crippen LogP contribution in [0.15, 0.2) is 23.9 Å². The minimum absolute atomic E-state index is 0.108. The number of likely N-dealkylation sites (N-methyl/N-ethyl adjacent to an activating group) is 1. The molecule has 0 aromatic heterocycles. The van der Waals surface area contributed by atoms with Crippen LogP contribution in [0.1, 0.15) is 12.5 Å². The van der Waals surface area contributed by atoms with Crippen molar-refractivity contribution in [3.05, 3.63) is 39.5 Å². The minimum Gasteiger partial charge on any atom is -0.505 e. The number of aromatic hydroxyl groups is 1. The summed E-state index contributed by atoms with van der Waals surface area (Å²) >= 11 is 11.7. The zero-order chi connectivity index (χ0) is 15.7. The molecular weight excluding hydrogens is 315 g/mol. The van der Waals surface area contributed by atoms with E-state index in [1.807, 2.05) is 0 Å². The topological polar surface area (TPSA) is 69.6 Å². The first-order valence-corrected chi connectivity index (χ1v) is 7.02. The number of phenols is 1. The number of allylic oxidation sites excluding steroid dienone is 1. The van der Waals surface area contributed by atoms with Crippen molar-refractivity contribution >= 4 is 35.0 Å². The Morgan fingerprint density at radius 2 is 1.90 bits per heavy atom. The number of hydrogen-bond acceptors (Lipinski definition) is 3. The van der Waals surface area contributed by atoms with Gasteiger partial charge in [-0.1, -0.05) is 29.3 Å². The minimum atomic E-state index is -0.655. The first-order valence-electron chi connectivity index (χ1n) is 6.26. The fraction of sp³-hybridized carbons (Fsp3) is 0.286. The molecule has 2 amide bonds. The maximum Gasteiger partial charge on any atom is 0.270 e. The normalized spacial score (nSPS) is 20.9. The molecule has 0 unspecified atom stereocenters. The Balaban J connectivity index is 2.27. The molecule has 5 nitrogen and oxygen atoms in total. The van der Waals surface area contributed by atoms with Crippen molar-refractivity contribution in [2.75, 3.05) is 7.05 Å². The zero-order valence-electron chi connectivity index (χ0n) is 11.5.